The van der Waals surface area contributed by atoms with E-state index in [1.165, 1.54) is 24.1 Å². The second kappa shape index (κ2) is 8.87. The van der Waals surface area contributed by atoms with Gasteiger partial charge in [0.1, 0.15) is 11.3 Å². The van der Waals surface area contributed by atoms with Crippen molar-refractivity contribution in [1.29, 1.82) is 0 Å². The van der Waals surface area contributed by atoms with Gasteiger partial charge in [-0.2, -0.15) is 5.10 Å². The first-order valence-electron chi connectivity index (χ1n) is 12.3. The molecule has 36 heavy (non-hydrogen) atoms. The third kappa shape index (κ3) is 3.83. The molecule has 1 saturated carbocycles. The number of hydrogen-bond donors (Lipinski definition) is 2. The fourth-order valence-corrected chi connectivity index (χ4v) is 5.75. The Balaban J connectivity index is 1.26. The summed E-state index contributed by atoms with van der Waals surface area (Å²) in [6.07, 6.45) is 9.88. The van der Waals surface area contributed by atoms with Crippen LogP contribution in [0.4, 0.5) is 0 Å². The number of hydrogen-bond acceptors (Lipinski definition) is 6. The summed E-state index contributed by atoms with van der Waals surface area (Å²) in [6, 6.07) is 16.4. The Morgan fingerprint density at radius 2 is 1.83 bits per heavy atom. The SMILES string of the molecule is c1csc(-c2cccc3[nH]c(-c4n[nH]c5ccc(-c6cncc(OC7CCCCC7)c6)nc45)nc23)c1. The number of H-pyrrole nitrogens is 2. The molecule has 1 aromatic carbocycles. The van der Waals surface area contributed by atoms with Gasteiger partial charge >= 0.3 is 0 Å². The highest BCUT2D eigenvalue weighted by Gasteiger charge is 2.18. The summed E-state index contributed by atoms with van der Waals surface area (Å²) in [5.74, 6) is 1.49. The summed E-state index contributed by atoms with van der Waals surface area (Å²) in [6.45, 7) is 0. The predicted octanol–water partition coefficient (Wildman–Crippen LogP) is 7.00. The summed E-state index contributed by atoms with van der Waals surface area (Å²) in [4.78, 5) is 19.0. The van der Waals surface area contributed by atoms with E-state index in [2.05, 4.69) is 43.7 Å². The van der Waals surface area contributed by atoms with Gasteiger partial charge in [-0.05, 0) is 61.4 Å². The molecular formula is C28H24N6OS. The van der Waals surface area contributed by atoms with Crippen LogP contribution in [0.25, 0.3) is 55.3 Å². The topological polar surface area (TPSA) is 92.4 Å². The van der Waals surface area contributed by atoms with Crippen molar-refractivity contribution in [3.63, 3.8) is 0 Å². The number of benzene rings is 1. The molecule has 5 heterocycles. The maximum absolute atomic E-state index is 6.24. The molecule has 178 valence electrons. The standard InChI is InChI=1S/C28H24N6OS/c1-2-6-18(7-3-1)35-19-14-17(15-29-16-19)21-11-12-23-26(30-21)27(34-33-23)28-31-22-9-4-8-20(25(22)32-28)24-10-5-13-36-24/h4-5,8-16,18H,1-3,6-7H2,(H,31,32)(H,33,34). The van der Waals surface area contributed by atoms with Crippen molar-refractivity contribution in [3.05, 3.63) is 66.3 Å². The summed E-state index contributed by atoms with van der Waals surface area (Å²) < 4.78 is 6.24. The van der Waals surface area contributed by atoms with E-state index in [4.69, 9.17) is 14.7 Å². The van der Waals surface area contributed by atoms with Crippen LogP contribution in [0.5, 0.6) is 5.75 Å². The molecular weight excluding hydrogens is 468 g/mol. The number of thiophene rings is 1. The Morgan fingerprint density at radius 1 is 0.889 bits per heavy atom. The van der Waals surface area contributed by atoms with Gasteiger partial charge in [-0.1, -0.05) is 24.6 Å². The molecule has 0 atom stereocenters. The Morgan fingerprint density at radius 3 is 2.72 bits per heavy atom. The van der Waals surface area contributed by atoms with Crippen molar-refractivity contribution in [3.8, 4) is 39.0 Å². The number of fused-ring (bicyclic) bond motifs is 2. The Bertz CT molecular complexity index is 1660. The van der Waals surface area contributed by atoms with E-state index in [0.717, 1.165) is 57.5 Å². The molecule has 2 N–H and O–H groups in total. The number of rotatable bonds is 5. The Kier molecular flexibility index (Phi) is 5.24. The van der Waals surface area contributed by atoms with E-state index in [1.807, 2.05) is 36.5 Å². The van der Waals surface area contributed by atoms with Crippen molar-refractivity contribution in [1.82, 2.24) is 30.1 Å². The first-order chi connectivity index (χ1) is 17.8. The van der Waals surface area contributed by atoms with E-state index in [1.54, 1.807) is 17.5 Å². The van der Waals surface area contributed by atoms with E-state index < -0.39 is 0 Å². The summed E-state index contributed by atoms with van der Waals surface area (Å²) in [5, 5.41) is 9.75. The smallest absolute Gasteiger partial charge is 0.161 e. The zero-order valence-corrected chi connectivity index (χ0v) is 20.4. The van der Waals surface area contributed by atoms with Crippen molar-refractivity contribution in [2.45, 2.75) is 38.2 Å². The van der Waals surface area contributed by atoms with Gasteiger partial charge in [0, 0.05) is 22.2 Å². The number of aromatic amines is 2. The van der Waals surface area contributed by atoms with Crippen LogP contribution in [0.15, 0.2) is 66.3 Å². The van der Waals surface area contributed by atoms with Crippen LogP contribution in [0, 0.1) is 0 Å². The first-order valence-corrected chi connectivity index (χ1v) is 13.2. The maximum atomic E-state index is 6.24. The molecule has 0 saturated heterocycles. The minimum absolute atomic E-state index is 0.277. The van der Waals surface area contributed by atoms with Crippen LogP contribution in [0.1, 0.15) is 32.1 Å². The van der Waals surface area contributed by atoms with Gasteiger partial charge in [0.05, 0.1) is 34.5 Å². The average Bonchev–Trinajstić information content (AvgIpc) is 3.68. The lowest BCUT2D eigenvalue weighted by atomic mass is 9.98. The Hall–Kier alpha value is -4.04. The molecule has 7 nitrogen and oxygen atoms in total. The van der Waals surface area contributed by atoms with Crippen LogP contribution in [0.3, 0.4) is 0 Å². The van der Waals surface area contributed by atoms with Gasteiger partial charge in [0.25, 0.3) is 0 Å². The fraction of sp³-hybridized carbons (Fsp3) is 0.214. The lowest BCUT2D eigenvalue weighted by molar-refractivity contribution is 0.154. The number of nitrogens with one attached hydrogen (secondary N) is 2. The highest BCUT2D eigenvalue weighted by molar-refractivity contribution is 7.13. The molecule has 6 aromatic rings. The largest absolute Gasteiger partial charge is 0.489 e. The van der Waals surface area contributed by atoms with Crippen LogP contribution >= 0.6 is 11.3 Å². The van der Waals surface area contributed by atoms with E-state index >= 15 is 0 Å². The average molecular weight is 493 g/mol. The number of pyridine rings is 2. The van der Waals surface area contributed by atoms with E-state index in [9.17, 15) is 0 Å². The van der Waals surface area contributed by atoms with Gasteiger partial charge in [0.15, 0.2) is 11.5 Å². The van der Waals surface area contributed by atoms with Crippen LogP contribution in [0.2, 0.25) is 0 Å². The third-order valence-electron chi connectivity index (χ3n) is 6.80. The van der Waals surface area contributed by atoms with Crippen molar-refractivity contribution < 1.29 is 4.74 Å². The lowest BCUT2D eigenvalue weighted by Crippen LogP contribution is -2.19. The molecule has 0 unspecified atom stereocenters. The minimum Gasteiger partial charge on any atom is -0.489 e. The molecule has 0 radical (unpaired) electrons. The molecule has 0 amide bonds. The van der Waals surface area contributed by atoms with Crippen LogP contribution in [-0.2, 0) is 0 Å². The van der Waals surface area contributed by atoms with Crippen molar-refractivity contribution >= 4 is 33.4 Å². The first kappa shape index (κ1) is 21.3. The van der Waals surface area contributed by atoms with Gasteiger partial charge in [-0.3, -0.25) is 10.1 Å². The van der Waals surface area contributed by atoms with E-state index in [-0.39, 0.29) is 6.10 Å². The van der Waals surface area contributed by atoms with Crippen LogP contribution < -0.4 is 4.74 Å². The second-order valence-corrected chi connectivity index (χ2v) is 10.2. The monoisotopic (exact) mass is 492 g/mol. The van der Waals surface area contributed by atoms with Gasteiger partial charge in [0.2, 0.25) is 0 Å². The lowest BCUT2D eigenvalue weighted by Gasteiger charge is -2.22. The Labute approximate surface area is 211 Å². The summed E-state index contributed by atoms with van der Waals surface area (Å²) in [5.41, 5.74) is 7.07. The summed E-state index contributed by atoms with van der Waals surface area (Å²) >= 11 is 1.71. The molecule has 1 fully saturated rings. The quantitative estimate of drug-likeness (QED) is 0.270. The second-order valence-electron chi connectivity index (χ2n) is 9.22. The van der Waals surface area contributed by atoms with Crippen LogP contribution in [-0.4, -0.2) is 36.2 Å². The minimum atomic E-state index is 0.277. The van der Waals surface area contributed by atoms with Gasteiger partial charge in [-0.25, -0.2) is 9.97 Å². The molecule has 1 aliphatic carbocycles. The molecule has 7 rings (SSSR count). The predicted molar refractivity (Wildman–Crippen MR) is 143 cm³/mol. The summed E-state index contributed by atoms with van der Waals surface area (Å²) in [7, 11) is 0. The third-order valence-corrected chi connectivity index (χ3v) is 7.70. The number of para-hydroxylation sites is 1. The van der Waals surface area contributed by atoms with Gasteiger partial charge < -0.3 is 9.72 Å². The van der Waals surface area contributed by atoms with Gasteiger partial charge in [-0.15, -0.1) is 11.3 Å². The zero-order chi connectivity index (χ0) is 23.9. The normalized spacial score (nSPS) is 14.6. The zero-order valence-electron chi connectivity index (χ0n) is 19.6. The highest BCUT2D eigenvalue weighted by Crippen LogP contribution is 2.34. The molecule has 0 spiro atoms. The number of imidazole rings is 1. The molecule has 8 heteroatoms. The maximum Gasteiger partial charge on any atom is 0.161 e. The number of aromatic nitrogens is 6. The highest BCUT2D eigenvalue weighted by atomic mass is 32.1. The van der Waals surface area contributed by atoms with Crippen molar-refractivity contribution in [2.24, 2.45) is 0 Å². The van der Waals surface area contributed by atoms with E-state index in [0.29, 0.717) is 11.5 Å². The fourth-order valence-electron chi connectivity index (χ4n) is 5.00. The number of ether oxygens (including phenoxy) is 1. The molecule has 5 aromatic heterocycles. The molecule has 0 aliphatic heterocycles. The molecule has 1 aliphatic rings. The van der Waals surface area contributed by atoms with Crippen molar-refractivity contribution in [2.75, 3.05) is 0 Å². The number of nitrogens with zero attached hydrogens (tertiary/aromatic N) is 4. The molecule has 0 bridgehead atoms.